The number of nitrogens with zero attached hydrogens (tertiary/aromatic N) is 1. The van der Waals surface area contributed by atoms with Crippen LogP contribution < -0.4 is 14.4 Å². The van der Waals surface area contributed by atoms with Gasteiger partial charge in [0.05, 0.1) is 24.8 Å². The smallest absolute Gasteiger partial charge is 0.270 e. The molecule has 0 aromatic heterocycles. The van der Waals surface area contributed by atoms with Crippen LogP contribution in [0.2, 0.25) is 5.02 Å². The Balaban J connectivity index is 1.96. The number of thiocarbonyl (C=S) groups is 1. The predicted molar refractivity (Wildman–Crippen MR) is 107 cm³/mol. The van der Waals surface area contributed by atoms with Crippen LogP contribution in [0.25, 0.3) is 6.08 Å². The summed E-state index contributed by atoms with van der Waals surface area (Å²) < 4.78 is 11.0. The second-order valence-corrected chi connectivity index (χ2v) is 7.22. The molecule has 1 fully saturated rings. The van der Waals surface area contributed by atoms with E-state index in [0.717, 1.165) is 5.56 Å². The van der Waals surface area contributed by atoms with Gasteiger partial charge < -0.3 is 9.47 Å². The van der Waals surface area contributed by atoms with Gasteiger partial charge in [0.2, 0.25) is 0 Å². The lowest BCUT2D eigenvalue weighted by atomic mass is 10.1. The highest BCUT2D eigenvalue weighted by Gasteiger charge is 2.33. The molecule has 0 bridgehead atoms. The molecule has 25 heavy (non-hydrogen) atoms. The summed E-state index contributed by atoms with van der Waals surface area (Å²) >= 11 is 12.6. The number of carbonyl (C=O) groups is 1. The van der Waals surface area contributed by atoms with Gasteiger partial charge in [-0.3, -0.25) is 9.69 Å². The third-order valence-corrected chi connectivity index (χ3v) is 5.12. The molecule has 0 spiro atoms. The lowest BCUT2D eigenvalue weighted by Crippen LogP contribution is -2.27. The lowest BCUT2D eigenvalue weighted by Gasteiger charge is -2.14. The summed E-state index contributed by atoms with van der Waals surface area (Å²) in [6.07, 6.45) is 1.77. The second kappa shape index (κ2) is 7.47. The van der Waals surface area contributed by atoms with E-state index in [1.807, 2.05) is 12.1 Å². The van der Waals surface area contributed by atoms with Crippen molar-refractivity contribution in [2.45, 2.75) is 0 Å². The maximum absolute atomic E-state index is 12.8. The standard InChI is InChI=1S/C18H14ClNO3S2/c1-22-14-7-6-11(15(10-14)23-2)8-16-17(21)20(18(24)25-16)13-5-3-4-12(19)9-13/h3-10H,1-2H3. The van der Waals surface area contributed by atoms with Gasteiger partial charge in [-0.2, -0.15) is 0 Å². The van der Waals surface area contributed by atoms with Crippen LogP contribution in [0.4, 0.5) is 5.69 Å². The maximum atomic E-state index is 12.8. The maximum Gasteiger partial charge on any atom is 0.270 e. The van der Waals surface area contributed by atoms with Gasteiger partial charge >= 0.3 is 0 Å². The van der Waals surface area contributed by atoms with Crippen LogP contribution in [0.1, 0.15) is 5.56 Å². The van der Waals surface area contributed by atoms with Crippen molar-refractivity contribution in [3.8, 4) is 11.5 Å². The molecule has 3 rings (SSSR count). The van der Waals surface area contributed by atoms with Crippen molar-refractivity contribution < 1.29 is 14.3 Å². The number of rotatable bonds is 4. The van der Waals surface area contributed by atoms with Gasteiger partial charge in [-0.25, -0.2) is 0 Å². The summed E-state index contributed by atoms with van der Waals surface area (Å²) in [5, 5.41) is 0.548. The molecule has 0 radical (unpaired) electrons. The Morgan fingerprint density at radius 3 is 2.64 bits per heavy atom. The van der Waals surface area contributed by atoms with Crippen molar-refractivity contribution in [2.24, 2.45) is 0 Å². The van der Waals surface area contributed by atoms with E-state index in [1.54, 1.807) is 50.6 Å². The number of carbonyl (C=O) groups excluding carboxylic acids is 1. The van der Waals surface area contributed by atoms with Crippen molar-refractivity contribution in [1.29, 1.82) is 0 Å². The van der Waals surface area contributed by atoms with Gasteiger partial charge in [0.1, 0.15) is 11.5 Å². The summed E-state index contributed by atoms with van der Waals surface area (Å²) in [6, 6.07) is 12.5. The van der Waals surface area contributed by atoms with Crippen LogP contribution in [0.5, 0.6) is 11.5 Å². The molecule has 0 saturated carbocycles. The summed E-state index contributed by atoms with van der Waals surface area (Å²) in [7, 11) is 3.16. The molecule has 2 aromatic carbocycles. The van der Waals surface area contributed by atoms with E-state index < -0.39 is 0 Å². The minimum absolute atomic E-state index is 0.185. The molecule has 1 amide bonds. The first-order chi connectivity index (χ1) is 12.0. The fourth-order valence-electron chi connectivity index (χ4n) is 2.38. The topological polar surface area (TPSA) is 38.8 Å². The minimum atomic E-state index is -0.185. The molecule has 4 nitrogen and oxygen atoms in total. The van der Waals surface area contributed by atoms with E-state index in [1.165, 1.54) is 16.7 Å². The van der Waals surface area contributed by atoms with E-state index >= 15 is 0 Å². The zero-order valence-corrected chi connectivity index (χ0v) is 15.9. The number of hydrogen-bond donors (Lipinski definition) is 0. The average molecular weight is 392 g/mol. The Morgan fingerprint density at radius 1 is 1.16 bits per heavy atom. The SMILES string of the molecule is COc1ccc(C=C2SC(=S)N(c3cccc(Cl)c3)C2=O)c(OC)c1. The van der Waals surface area contributed by atoms with Crippen LogP contribution in [-0.4, -0.2) is 24.4 Å². The summed E-state index contributed by atoms with van der Waals surface area (Å²) in [6.45, 7) is 0. The lowest BCUT2D eigenvalue weighted by molar-refractivity contribution is -0.113. The Bertz CT molecular complexity index is 882. The number of halogens is 1. The summed E-state index contributed by atoms with van der Waals surface area (Å²) in [5.74, 6) is 1.11. The number of hydrogen-bond acceptors (Lipinski definition) is 5. The first kappa shape index (κ1) is 17.8. The second-order valence-electron chi connectivity index (χ2n) is 5.10. The van der Waals surface area contributed by atoms with Gasteiger partial charge in [0.15, 0.2) is 4.32 Å². The molecule has 0 aliphatic carbocycles. The van der Waals surface area contributed by atoms with E-state index in [0.29, 0.717) is 31.4 Å². The molecule has 1 aliphatic rings. The quantitative estimate of drug-likeness (QED) is 0.554. The molecule has 0 N–H and O–H groups in total. The number of anilines is 1. The minimum Gasteiger partial charge on any atom is -0.497 e. The Hall–Kier alpha value is -2.02. The van der Waals surface area contributed by atoms with Crippen molar-refractivity contribution in [1.82, 2.24) is 0 Å². The average Bonchev–Trinajstić information content (AvgIpc) is 2.88. The number of methoxy groups -OCH3 is 2. The Labute approximate surface area is 160 Å². The van der Waals surface area contributed by atoms with E-state index in [9.17, 15) is 4.79 Å². The van der Waals surface area contributed by atoms with Crippen molar-refractivity contribution in [2.75, 3.05) is 19.1 Å². The molecular formula is C18H14ClNO3S2. The molecular weight excluding hydrogens is 378 g/mol. The van der Waals surface area contributed by atoms with Crippen molar-refractivity contribution in [3.05, 3.63) is 58.0 Å². The van der Waals surface area contributed by atoms with Gasteiger partial charge in [-0.05, 0) is 36.4 Å². The molecule has 1 aliphatic heterocycles. The number of benzene rings is 2. The molecule has 1 saturated heterocycles. The Morgan fingerprint density at radius 2 is 1.96 bits per heavy atom. The third kappa shape index (κ3) is 3.66. The highest BCUT2D eigenvalue weighted by Crippen LogP contribution is 2.38. The van der Waals surface area contributed by atoms with Crippen LogP contribution in [-0.2, 0) is 4.79 Å². The fourth-order valence-corrected chi connectivity index (χ4v) is 3.86. The normalized spacial score (nSPS) is 15.8. The van der Waals surface area contributed by atoms with E-state index in [2.05, 4.69) is 0 Å². The van der Waals surface area contributed by atoms with Crippen molar-refractivity contribution >= 4 is 57.6 Å². The molecule has 128 valence electrons. The zero-order chi connectivity index (χ0) is 18.0. The third-order valence-electron chi connectivity index (χ3n) is 3.59. The fraction of sp³-hybridized carbons (Fsp3) is 0.111. The van der Waals surface area contributed by atoms with Crippen LogP contribution >= 0.6 is 35.6 Å². The Kier molecular flexibility index (Phi) is 5.32. The zero-order valence-electron chi connectivity index (χ0n) is 13.5. The first-order valence-electron chi connectivity index (χ1n) is 7.29. The number of thioether (sulfide) groups is 1. The molecule has 0 unspecified atom stereocenters. The van der Waals surface area contributed by atoms with Gasteiger partial charge in [0.25, 0.3) is 5.91 Å². The first-order valence-corrected chi connectivity index (χ1v) is 8.89. The van der Waals surface area contributed by atoms with E-state index in [4.69, 9.17) is 33.3 Å². The van der Waals surface area contributed by atoms with Crippen LogP contribution in [0.15, 0.2) is 47.4 Å². The summed E-state index contributed by atoms with van der Waals surface area (Å²) in [4.78, 5) is 14.8. The highest BCUT2D eigenvalue weighted by molar-refractivity contribution is 8.27. The van der Waals surface area contributed by atoms with E-state index in [-0.39, 0.29) is 5.91 Å². The van der Waals surface area contributed by atoms with Gasteiger partial charge in [-0.1, -0.05) is 41.6 Å². The number of ether oxygens (including phenoxy) is 2. The van der Waals surface area contributed by atoms with Crippen molar-refractivity contribution in [3.63, 3.8) is 0 Å². The largest absolute Gasteiger partial charge is 0.497 e. The predicted octanol–water partition coefficient (Wildman–Crippen LogP) is 4.76. The van der Waals surface area contributed by atoms with Crippen LogP contribution in [0.3, 0.4) is 0 Å². The number of amides is 1. The molecule has 2 aromatic rings. The van der Waals surface area contributed by atoms with Crippen LogP contribution in [0, 0.1) is 0 Å². The monoisotopic (exact) mass is 391 g/mol. The molecule has 7 heteroatoms. The molecule has 1 heterocycles. The molecule has 0 atom stereocenters. The van der Waals surface area contributed by atoms with Gasteiger partial charge in [0, 0.05) is 16.7 Å². The summed E-state index contributed by atoms with van der Waals surface area (Å²) in [5.41, 5.74) is 1.43. The highest BCUT2D eigenvalue weighted by atomic mass is 35.5. The van der Waals surface area contributed by atoms with Gasteiger partial charge in [-0.15, -0.1) is 0 Å².